The average molecular weight is 300 g/mol. The number of benzene rings is 1. The van der Waals surface area contributed by atoms with Gasteiger partial charge in [0.15, 0.2) is 0 Å². The molecule has 5 heteroatoms. The molecule has 1 aliphatic rings. The van der Waals surface area contributed by atoms with E-state index in [4.69, 9.17) is 25.8 Å². The van der Waals surface area contributed by atoms with Gasteiger partial charge >= 0.3 is 0 Å². The summed E-state index contributed by atoms with van der Waals surface area (Å²) in [6.07, 6.45) is 1.08. The summed E-state index contributed by atoms with van der Waals surface area (Å²) >= 11 is 6.06. The van der Waals surface area contributed by atoms with Crippen LogP contribution in [0.1, 0.15) is 12.0 Å². The summed E-state index contributed by atoms with van der Waals surface area (Å²) in [7, 11) is 1.69. The molecule has 1 saturated heterocycles. The molecule has 1 aliphatic heterocycles. The van der Waals surface area contributed by atoms with E-state index in [0.717, 1.165) is 49.1 Å². The van der Waals surface area contributed by atoms with E-state index in [2.05, 4.69) is 5.32 Å². The summed E-state index contributed by atoms with van der Waals surface area (Å²) in [5.41, 5.74) is 1.08. The summed E-state index contributed by atoms with van der Waals surface area (Å²) in [6.45, 7) is 4.57. The van der Waals surface area contributed by atoms with Crippen molar-refractivity contribution in [1.29, 1.82) is 0 Å². The molecule has 1 fully saturated rings. The highest BCUT2D eigenvalue weighted by Crippen LogP contribution is 2.24. The zero-order valence-corrected chi connectivity index (χ0v) is 12.6. The van der Waals surface area contributed by atoms with Gasteiger partial charge in [0, 0.05) is 43.3 Å². The molecular formula is C15H22ClNO3. The fraction of sp³-hybridized carbons (Fsp3) is 0.600. The van der Waals surface area contributed by atoms with Crippen molar-refractivity contribution in [3.8, 4) is 5.75 Å². The normalized spacial score (nSPS) is 18.4. The van der Waals surface area contributed by atoms with Gasteiger partial charge in [-0.2, -0.15) is 0 Å². The van der Waals surface area contributed by atoms with E-state index in [9.17, 15) is 0 Å². The minimum Gasteiger partial charge on any atom is -0.493 e. The Morgan fingerprint density at radius 2 is 2.35 bits per heavy atom. The predicted molar refractivity (Wildman–Crippen MR) is 79.5 cm³/mol. The molecule has 1 atom stereocenters. The van der Waals surface area contributed by atoms with E-state index in [1.165, 1.54) is 0 Å². The highest BCUT2D eigenvalue weighted by atomic mass is 35.5. The Kier molecular flexibility index (Phi) is 6.60. The number of hydrogen-bond acceptors (Lipinski definition) is 4. The first-order valence-corrected chi connectivity index (χ1v) is 7.36. The van der Waals surface area contributed by atoms with Crippen LogP contribution in [0.5, 0.6) is 5.75 Å². The minimum absolute atomic E-state index is 0.500. The van der Waals surface area contributed by atoms with Crippen LogP contribution in [0, 0.1) is 5.92 Å². The van der Waals surface area contributed by atoms with Crippen LogP contribution in [0.3, 0.4) is 0 Å². The van der Waals surface area contributed by atoms with Gasteiger partial charge in [-0.15, -0.1) is 0 Å². The molecule has 4 nitrogen and oxygen atoms in total. The Morgan fingerprint density at radius 3 is 3.10 bits per heavy atom. The summed E-state index contributed by atoms with van der Waals surface area (Å²) in [6, 6.07) is 5.74. The van der Waals surface area contributed by atoms with Gasteiger partial charge in [0.25, 0.3) is 0 Å². The molecule has 1 heterocycles. The lowest BCUT2D eigenvalue weighted by Crippen LogP contribution is -2.19. The second kappa shape index (κ2) is 8.47. The number of rotatable bonds is 8. The van der Waals surface area contributed by atoms with Crippen molar-refractivity contribution in [2.75, 3.05) is 40.1 Å². The molecule has 20 heavy (non-hydrogen) atoms. The molecular weight excluding hydrogens is 278 g/mol. The molecule has 1 unspecified atom stereocenters. The fourth-order valence-electron chi connectivity index (χ4n) is 2.15. The van der Waals surface area contributed by atoms with E-state index >= 15 is 0 Å². The van der Waals surface area contributed by atoms with Gasteiger partial charge in [-0.25, -0.2) is 0 Å². The van der Waals surface area contributed by atoms with Crippen LogP contribution >= 0.6 is 11.6 Å². The molecule has 0 bridgehead atoms. The van der Waals surface area contributed by atoms with E-state index < -0.39 is 0 Å². The first-order chi connectivity index (χ1) is 9.79. The number of ether oxygens (including phenoxy) is 3. The van der Waals surface area contributed by atoms with Crippen molar-refractivity contribution < 1.29 is 14.2 Å². The van der Waals surface area contributed by atoms with Crippen molar-refractivity contribution in [2.24, 2.45) is 5.92 Å². The van der Waals surface area contributed by atoms with Crippen molar-refractivity contribution >= 4 is 11.6 Å². The third kappa shape index (κ3) is 4.94. The summed E-state index contributed by atoms with van der Waals surface area (Å²) in [4.78, 5) is 0. The molecule has 0 radical (unpaired) electrons. The second-order valence-electron chi connectivity index (χ2n) is 4.96. The third-order valence-corrected chi connectivity index (χ3v) is 3.55. The Balaban J connectivity index is 1.88. The first kappa shape index (κ1) is 15.6. The molecule has 0 aliphatic carbocycles. The van der Waals surface area contributed by atoms with E-state index in [-0.39, 0.29) is 0 Å². The van der Waals surface area contributed by atoms with E-state index in [0.29, 0.717) is 19.1 Å². The number of methoxy groups -OCH3 is 1. The quantitative estimate of drug-likeness (QED) is 0.749. The Bertz CT molecular complexity index is 408. The maximum Gasteiger partial charge on any atom is 0.123 e. The van der Waals surface area contributed by atoms with Crippen molar-refractivity contribution in [3.05, 3.63) is 28.8 Å². The molecule has 1 aromatic carbocycles. The van der Waals surface area contributed by atoms with Crippen molar-refractivity contribution in [2.45, 2.75) is 13.0 Å². The predicted octanol–water partition coefficient (Wildman–Crippen LogP) is 2.49. The lowest BCUT2D eigenvalue weighted by atomic mass is 10.1. The van der Waals surface area contributed by atoms with Gasteiger partial charge in [0.05, 0.1) is 19.8 Å². The van der Waals surface area contributed by atoms with Crippen LogP contribution in [0.4, 0.5) is 0 Å². The smallest absolute Gasteiger partial charge is 0.123 e. The topological polar surface area (TPSA) is 39.7 Å². The Morgan fingerprint density at radius 1 is 1.45 bits per heavy atom. The van der Waals surface area contributed by atoms with E-state index in [1.807, 2.05) is 18.2 Å². The van der Waals surface area contributed by atoms with Crippen LogP contribution in [0.2, 0.25) is 5.02 Å². The Hall–Kier alpha value is -0.810. The van der Waals surface area contributed by atoms with Gasteiger partial charge in [-0.3, -0.25) is 0 Å². The van der Waals surface area contributed by atoms with Gasteiger partial charge in [-0.1, -0.05) is 11.6 Å². The summed E-state index contributed by atoms with van der Waals surface area (Å²) in [5, 5.41) is 4.04. The van der Waals surface area contributed by atoms with Gasteiger partial charge < -0.3 is 19.5 Å². The van der Waals surface area contributed by atoms with Gasteiger partial charge in [0.1, 0.15) is 5.75 Å². The number of nitrogens with one attached hydrogen (secondary N) is 1. The van der Waals surface area contributed by atoms with Crippen LogP contribution < -0.4 is 10.1 Å². The molecule has 0 amide bonds. The number of halogens is 1. The third-order valence-electron chi connectivity index (χ3n) is 3.32. The molecule has 1 aromatic rings. The maximum atomic E-state index is 6.06. The molecule has 112 valence electrons. The van der Waals surface area contributed by atoms with Crippen molar-refractivity contribution in [1.82, 2.24) is 5.32 Å². The maximum absolute atomic E-state index is 6.06. The standard InChI is InChI=1S/C15H22ClNO3/c1-18-7-5-17-9-13-8-14(16)2-3-15(13)20-11-12-4-6-19-10-12/h2-3,8,12,17H,4-7,9-11H2,1H3. The zero-order valence-electron chi connectivity index (χ0n) is 11.9. The SMILES string of the molecule is COCCNCc1cc(Cl)ccc1OCC1CCOC1. The highest BCUT2D eigenvalue weighted by molar-refractivity contribution is 6.30. The lowest BCUT2D eigenvalue weighted by molar-refractivity contribution is 0.166. The largest absolute Gasteiger partial charge is 0.493 e. The van der Waals surface area contributed by atoms with Crippen LogP contribution in [-0.4, -0.2) is 40.1 Å². The molecule has 0 aromatic heterocycles. The molecule has 0 spiro atoms. The molecule has 2 rings (SSSR count). The van der Waals surface area contributed by atoms with Gasteiger partial charge in [-0.05, 0) is 24.6 Å². The van der Waals surface area contributed by atoms with Crippen LogP contribution in [-0.2, 0) is 16.0 Å². The zero-order chi connectivity index (χ0) is 14.2. The Labute approximate surface area is 125 Å². The average Bonchev–Trinajstić information content (AvgIpc) is 2.96. The van der Waals surface area contributed by atoms with Crippen LogP contribution in [0.15, 0.2) is 18.2 Å². The fourth-order valence-corrected chi connectivity index (χ4v) is 2.34. The monoisotopic (exact) mass is 299 g/mol. The highest BCUT2D eigenvalue weighted by Gasteiger charge is 2.17. The first-order valence-electron chi connectivity index (χ1n) is 6.98. The molecule has 1 N–H and O–H groups in total. The molecule has 0 saturated carbocycles. The van der Waals surface area contributed by atoms with Gasteiger partial charge in [0.2, 0.25) is 0 Å². The number of hydrogen-bond donors (Lipinski definition) is 1. The summed E-state index contributed by atoms with van der Waals surface area (Å²) < 4.78 is 16.3. The second-order valence-corrected chi connectivity index (χ2v) is 5.40. The van der Waals surface area contributed by atoms with E-state index in [1.54, 1.807) is 7.11 Å². The lowest BCUT2D eigenvalue weighted by Gasteiger charge is -2.15. The van der Waals surface area contributed by atoms with Crippen LogP contribution in [0.25, 0.3) is 0 Å². The van der Waals surface area contributed by atoms with Crippen molar-refractivity contribution in [3.63, 3.8) is 0 Å². The minimum atomic E-state index is 0.500. The summed E-state index contributed by atoms with van der Waals surface area (Å²) in [5.74, 6) is 1.39.